The number of nitrogens with zero attached hydrogens (tertiary/aromatic N) is 1. The summed E-state index contributed by atoms with van der Waals surface area (Å²) in [6.07, 6.45) is -0.766. The third-order valence-electron chi connectivity index (χ3n) is 5.45. The molecule has 3 aromatic carbocycles. The minimum absolute atomic E-state index is 0.0705. The monoisotopic (exact) mass is 540 g/mol. The number of para-hydroxylation sites is 1. The van der Waals surface area contributed by atoms with E-state index in [0.717, 1.165) is 20.8 Å². The fourth-order valence-corrected chi connectivity index (χ4v) is 4.43. The Balaban J connectivity index is 1.77. The highest BCUT2D eigenvalue weighted by atomic mass is 79.9. The number of hydrogen-bond donors (Lipinski definition) is 2. The van der Waals surface area contributed by atoms with Gasteiger partial charge in [-0.3, -0.25) is 4.79 Å². The predicted octanol–water partition coefficient (Wildman–Crippen LogP) is 5.12. The van der Waals surface area contributed by atoms with Gasteiger partial charge in [0.2, 0.25) is 0 Å². The molecule has 8 nitrogen and oxygen atoms in total. The number of carboxylic acids is 1. The highest BCUT2D eigenvalue weighted by molar-refractivity contribution is 9.10. The lowest BCUT2D eigenvalue weighted by Crippen LogP contribution is -2.51. The van der Waals surface area contributed by atoms with Gasteiger partial charge < -0.3 is 24.8 Å². The van der Waals surface area contributed by atoms with E-state index in [2.05, 4.69) is 21.2 Å². The molecule has 1 atom stereocenters. The molecule has 0 saturated carbocycles. The van der Waals surface area contributed by atoms with Crippen molar-refractivity contribution in [1.82, 2.24) is 5.32 Å². The number of anilines is 1. The first-order valence-corrected chi connectivity index (χ1v) is 11.8. The molecule has 0 aliphatic carbocycles. The van der Waals surface area contributed by atoms with Crippen LogP contribution in [-0.2, 0) is 16.1 Å². The lowest BCUT2D eigenvalue weighted by molar-refractivity contribution is -0.121. The number of rotatable bonds is 4. The first-order chi connectivity index (χ1) is 16.5. The van der Waals surface area contributed by atoms with Crippen LogP contribution in [0, 0.1) is 0 Å². The molecule has 9 heteroatoms. The summed E-state index contributed by atoms with van der Waals surface area (Å²) in [5.74, 6) is -1.55. The molecule has 0 saturated heterocycles. The van der Waals surface area contributed by atoms with Crippen LogP contribution in [-0.4, -0.2) is 41.3 Å². The van der Waals surface area contributed by atoms with Crippen molar-refractivity contribution in [3.05, 3.63) is 70.2 Å². The summed E-state index contributed by atoms with van der Waals surface area (Å²) >= 11 is 3.57. The van der Waals surface area contributed by atoms with Gasteiger partial charge in [-0.15, -0.1) is 0 Å². The Bertz CT molecular complexity index is 1320. The van der Waals surface area contributed by atoms with Gasteiger partial charge in [-0.05, 0) is 55.3 Å². The number of aromatic carboxylic acids is 1. The van der Waals surface area contributed by atoms with Crippen LogP contribution in [0.4, 0.5) is 10.5 Å². The number of ether oxygens (including phenoxy) is 2. The van der Waals surface area contributed by atoms with Crippen molar-refractivity contribution in [3.8, 4) is 5.75 Å². The van der Waals surface area contributed by atoms with Gasteiger partial charge in [-0.2, -0.15) is 0 Å². The van der Waals surface area contributed by atoms with E-state index in [4.69, 9.17) is 9.47 Å². The topological polar surface area (TPSA) is 105 Å². The zero-order valence-electron chi connectivity index (χ0n) is 19.5. The quantitative estimate of drug-likeness (QED) is 0.475. The maximum atomic E-state index is 13.7. The Morgan fingerprint density at radius 3 is 2.51 bits per heavy atom. The fraction of sp³-hybridized carbons (Fsp3) is 0.269. The van der Waals surface area contributed by atoms with Crippen molar-refractivity contribution < 1.29 is 29.0 Å². The largest absolute Gasteiger partial charge is 0.488 e. The number of carbonyl (C=O) groups is 3. The number of carboxylic acid groups (broad SMARTS) is 1. The van der Waals surface area contributed by atoms with E-state index in [1.165, 1.54) is 11.0 Å². The molecular formula is C26H25BrN2O6. The minimum atomic E-state index is -1.18. The molecule has 1 aliphatic heterocycles. The molecule has 2 amide bonds. The molecule has 2 N–H and O–H groups in total. The molecule has 0 radical (unpaired) electrons. The van der Waals surface area contributed by atoms with Crippen LogP contribution in [0.5, 0.6) is 5.75 Å². The van der Waals surface area contributed by atoms with Gasteiger partial charge in [0, 0.05) is 4.47 Å². The van der Waals surface area contributed by atoms with Crippen molar-refractivity contribution in [1.29, 1.82) is 0 Å². The van der Waals surface area contributed by atoms with Crippen LogP contribution >= 0.6 is 15.9 Å². The van der Waals surface area contributed by atoms with E-state index in [0.29, 0.717) is 5.69 Å². The molecule has 4 rings (SSSR count). The smallest absolute Gasteiger partial charge is 0.408 e. The zero-order valence-corrected chi connectivity index (χ0v) is 21.1. The average Bonchev–Trinajstić information content (AvgIpc) is 2.91. The van der Waals surface area contributed by atoms with Crippen molar-refractivity contribution in [2.24, 2.45) is 0 Å². The van der Waals surface area contributed by atoms with E-state index >= 15 is 0 Å². The molecule has 3 aromatic rings. The van der Waals surface area contributed by atoms with Gasteiger partial charge >= 0.3 is 12.1 Å². The predicted molar refractivity (Wildman–Crippen MR) is 135 cm³/mol. The van der Waals surface area contributed by atoms with Crippen LogP contribution in [0.15, 0.2) is 59.1 Å². The van der Waals surface area contributed by atoms with Crippen molar-refractivity contribution in [2.45, 2.75) is 39.0 Å². The highest BCUT2D eigenvalue weighted by Crippen LogP contribution is 2.37. The Labute approximate surface area is 210 Å². The molecule has 0 bridgehead atoms. The van der Waals surface area contributed by atoms with Crippen LogP contribution in [0.3, 0.4) is 0 Å². The number of nitrogens with one attached hydrogen (secondary N) is 1. The van der Waals surface area contributed by atoms with E-state index in [1.54, 1.807) is 32.9 Å². The number of amides is 2. The Kier molecular flexibility index (Phi) is 6.71. The summed E-state index contributed by atoms with van der Waals surface area (Å²) in [7, 11) is 0. The van der Waals surface area contributed by atoms with Crippen molar-refractivity contribution >= 4 is 50.4 Å². The van der Waals surface area contributed by atoms with Gasteiger partial charge in [0.05, 0.1) is 12.2 Å². The lowest BCUT2D eigenvalue weighted by Gasteiger charge is -2.27. The minimum Gasteiger partial charge on any atom is -0.488 e. The third kappa shape index (κ3) is 5.24. The van der Waals surface area contributed by atoms with Gasteiger partial charge in [0.1, 0.15) is 23.8 Å². The van der Waals surface area contributed by atoms with Crippen molar-refractivity contribution in [2.75, 3.05) is 11.5 Å². The number of halogens is 1. The molecule has 35 heavy (non-hydrogen) atoms. The van der Waals surface area contributed by atoms with Gasteiger partial charge in [0.15, 0.2) is 5.75 Å². The summed E-state index contributed by atoms with van der Waals surface area (Å²) in [4.78, 5) is 39.5. The van der Waals surface area contributed by atoms with Crippen molar-refractivity contribution in [3.63, 3.8) is 0 Å². The number of fused-ring (bicyclic) bond motifs is 2. The van der Waals surface area contributed by atoms with E-state index in [1.807, 2.05) is 36.4 Å². The molecule has 182 valence electrons. The van der Waals surface area contributed by atoms with E-state index < -0.39 is 29.6 Å². The van der Waals surface area contributed by atoms with Crippen LogP contribution in [0.25, 0.3) is 10.8 Å². The van der Waals surface area contributed by atoms with E-state index in [9.17, 15) is 19.5 Å². The maximum Gasteiger partial charge on any atom is 0.408 e. The molecule has 1 heterocycles. The molecular weight excluding hydrogens is 516 g/mol. The van der Waals surface area contributed by atoms with Crippen LogP contribution < -0.4 is 15.0 Å². The van der Waals surface area contributed by atoms with Gasteiger partial charge in [0.25, 0.3) is 5.91 Å². The lowest BCUT2D eigenvalue weighted by atomic mass is 10.0. The Morgan fingerprint density at radius 2 is 1.83 bits per heavy atom. The van der Waals surface area contributed by atoms with Gasteiger partial charge in [-0.1, -0.05) is 52.3 Å². The fourth-order valence-electron chi connectivity index (χ4n) is 3.95. The molecule has 1 unspecified atom stereocenters. The third-order valence-corrected chi connectivity index (χ3v) is 6.15. The Morgan fingerprint density at radius 1 is 1.11 bits per heavy atom. The second-order valence-electron chi connectivity index (χ2n) is 9.15. The van der Waals surface area contributed by atoms with Crippen LogP contribution in [0.2, 0.25) is 0 Å². The Hall–Kier alpha value is -3.59. The maximum absolute atomic E-state index is 13.7. The van der Waals surface area contributed by atoms with Crippen LogP contribution in [0.1, 0.15) is 36.7 Å². The second-order valence-corrected chi connectivity index (χ2v) is 10.00. The standard InChI is InChI=1S/C26H25BrN2O6/c1-26(2,3)35-25(33)28-20-14-34-22-18(24(31)32)9-6-10-21(22)29(23(20)30)13-15-11-12-19(27)17-8-5-4-7-16(15)17/h4-12,20H,13-14H2,1-3H3,(H,28,33)(H,31,32). The summed E-state index contributed by atoms with van der Waals surface area (Å²) in [5.41, 5.74) is 0.338. The first kappa shape index (κ1) is 24.5. The number of carbonyl (C=O) groups excluding carboxylic acids is 2. The number of benzene rings is 3. The molecule has 0 spiro atoms. The van der Waals surface area contributed by atoms with E-state index in [-0.39, 0.29) is 24.5 Å². The zero-order chi connectivity index (χ0) is 25.3. The molecule has 0 fully saturated rings. The second kappa shape index (κ2) is 9.58. The average molecular weight is 541 g/mol. The normalized spacial score (nSPS) is 15.7. The highest BCUT2D eigenvalue weighted by Gasteiger charge is 2.35. The number of alkyl carbamates (subject to hydrolysis) is 1. The summed E-state index contributed by atoms with van der Waals surface area (Å²) in [6, 6.07) is 15.1. The summed E-state index contributed by atoms with van der Waals surface area (Å²) in [6.45, 7) is 5.05. The number of hydrogen-bond acceptors (Lipinski definition) is 5. The molecule has 1 aliphatic rings. The van der Waals surface area contributed by atoms with Gasteiger partial charge in [-0.25, -0.2) is 9.59 Å². The SMILES string of the molecule is CC(C)(C)OC(=O)NC1COc2c(C(=O)O)cccc2N(Cc2ccc(Br)c3ccccc23)C1=O. The molecule has 0 aromatic heterocycles. The summed E-state index contributed by atoms with van der Waals surface area (Å²) in [5, 5.41) is 14.2. The summed E-state index contributed by atoms with van der Waals surface area (Å²) < 4.78 is 12.0. The first-order valence-electron chi connectivity index (χ1n) is 11.0.